The van der Waals surface area contributed by atoms with Gasteiger partial charge in [0.25, 0.3) is 30.4 Å². The molecule has 0 aliphatic heterocycles. The van der Waals surface area contributed by atoms with Crippen LogP contribution < -0.4 is 24.3 Å². The van der Waals surface area contributed by atoms with E-state index in [1.165, 1.54) is 39.6 Å². The van der Waals surface area contributed by atoms with E-state index in [1.807, 2.05) is 0 Å². The fraction of sp³-hybridized carbons (Fsp3) is 0.184. The van der Waals surface area contributed by atoms with Crippen molar-refractivity contribution in [3.05, 3.63) is 78.6 Å². The maximum absolute atomic E-state index is 13.2. The van der Waals surface area contributed by atoms with Crippen LogP contribution in [0.25, 0.3) is 16.7 Å². The van der Waals surface area contributed by atoms with E-state index in [4.69, 9.17) is 14.0 Å². The van der Waals surface area contributed by atoms with Crippen LogP contribution in [0.3, 0.4) is 0 Å². The van der Waals surface area contributed by atoms with Gasteiger partial charge in [0.15, 0.2) is 27.1 Å². The number of carbonyl (C=O) groups is 1. The van der Waals surface area contributed by atoms with Gasteiger partial charge in [-0.25, -0.2) is 22.0 Å². The van der Waals surface area contributed by atoms with E-state index >= 15 is 0 Å². The first-order valence-corrected chi connectivity index (χ1v) is 27.4. The molecular weight excluding hydrogens is 1160 g/mol. The molecule has 4 aromatic carbocycles. The van der Waals surface area contributed by atoms with Gasteiger partial charge in [-0.05, 0) is 58.5 Å². The van der Waals surface area contributed by atoms with E-state index in [2.05, 4.69) is 44.9 Å². The zero-order valence-electron chi connectivity index (χ0n) is 38.0. The van der Waals surface area contributed by atoms with Crippen molar-refractivity contribution in [2.24, 2.45) is 20.5 Å². The molecule has 2 heterocycles. The van der Waals surface area contributed by atoms with Crippen LogP contribution in [-0.2, 0) is 71.8 Å². The Labute approximate surface area is 434 Å². The number of phenols is 2. The minimum absolute atomic E-state index is 0. The second kappa shape index (κ2) is 22.8. The third-order valence-electron chi connectivity index (χ3n) is 9.81. The normalized spacial score (nSPS) is 12.5. The fourth-order valence-corrected chi connectivity index (χ4v) is 9.81. The number of aromatic nitrogens is 4. The van der Waals surface area contributed by atoms with Crippen molar-refractivity contribution in [1.82, 2.24) is 15.0 Å². The molecule has 0 aliphatic carbocycles. The number of aromatic hydroxyl groups is 2. The van der Waals surface area contributed by atoms with Crippen molar-refractivity contribution in [2.75, 3.05) is 56.1 Å². The van der Waals surface area contributed by atoms with Crippen molar-refractivity contribution >= 4 is 108 Å². The Morgan fingerprint density at radius 3 is 1.93 bits per heavy atom. The smallest absolute Gasteiger partial charge is 0.444 e. The van der Waals surface area contributed by atoms with Gasteiger partial charge in [0.2, 0.25) is 0 Å². The second-order valence-electron chi connectivity index (χ2n) is 14.8. The number of rotatable bonds is 21. The first-order valence-electron chi connectivity index (χ1n) is 19.9. The number of carboxylic acid groups (broad SMARTS) is 1. The topological polar surface area (TPSA) is 464 Å². The number of sulfone groups is 1. The van der Waals surface area contributed by atoms with Crippen molar-refractivity contribution < 1.29 is 116 Å². The molecule has 6 rings (SSSR count). The number of carboxylic acids is 1. The molecule has 0 bridgehead atoms. The number of benzene rings is 4. The predicted molar refractivity (Wildman–Crippen MR) is 252 cm³/mol. The Hall–Kier alpha value is -7.16. The second-order valence-corrected chi connectivity index (χ2v) is 22.4. The van der Waals surface area contributed by atoms with Gasteiger partial charge in [-0.3, -0.25) is 18.2 Å². The molecule has 0 saturated carbocycles. The van der Waals surface area contributed by atoms with Crippen LogP contribution in [0.1, 0.15) is 10.4 Å². The molecule has 6 aromatic rings. The summed E-state index contributed by atoms with van der Waals surface area (Å²) in [7, 11) is -21.2. The summed E-state index contributed by atoms with van der Waals surface area (Å²) in [6.45, 7) is -1.34. The fourth-order valence-electron chi connectivity index (χ4n) is 6.32. The maximum Gasteiger partial charge on any atom is 0.444 e. The van der Waals surface area contributed by atoms with Crippen LogP contribution >= 0.6 is 0 Å². The van der Waals surface area contributed by atoms with Crippen LogP contribution in [0.2, 0.25) is 0 Å². The van der Waals surface area contributed by atoms with Crippen molar-refractivity contribution in [2.45, 2.75) is 14.7 Å². The van der Waals surface area contributed by atoms with Crippen LogP contribution in [0.4, 0.5) is 40.3 Å². The summed E-state index contributed by atoms with van der Waals surface area (Å²) in [5.41, 5.74) is -3.09. The standard InChI is InChI=1S/C38H36N10O21S5.Cu/c1-47(11-13-70(53,54)14-12-69-74(64,65)66)37-40-36(41-38(42-37)48-10-4-5-20(19-48)35(51)52)39-24-8-7-22-23(34(24)73(61,62)63)16-31(72(58,59)60)32(33(22)50)46-44-26-18-30(68-3)29(67-2)17-25(26)43-45-27-15-21(71(55,56)57)6-9-28(27)49;/h4-10,15-19H,11-14H2,1-3H3,(H7-,39,40,41,42,43,44,45,46,49,50,51,52,55,56,57,58,59,60,61,62,63,64,65,66);/p+1. The molecule has 75 heavy (non-hydrogen) atoms. The average molecular weight is 1190 g/mol. The monoisotopic (exact) mass is 1190 g/mol. The number of hydrogen-bond donors (Lipinski definition) is 8. The molecule has 31 nitrogen and oxygen atoms in total. The van der Waals surface area contributed by atoms with Gasteiger partial charge in [0, 0.05) is 53.6 Å². The zero-order valence-corrected chi connectivity index (χ0v) is 43.0. The third kappa shape index (κ3) is 14.6. The molecule has 0 aliphatic rings. The number of azo groups is 2. The Morgan fingerprint density at radius 1 is 0.733 bits per heavy atom. The molecule has 0 spiro atoms. The molecule has 0 fully saturated rings. The summed E-state index contributed by atoms with van der Waals surface area (Å²) in [6.07, 6.45) is 2.36. The predicted octanol–water partition coefficient (Wildman–Crippen LogP) is 3.41. The van der Waals surface area contributed by atoms with Gasteiger partial charge in [0.05, 0.1) is 60.9 Å². The summed E-state index contributed by atoms with van der Waals surface area (Å²) >= 11 is 0. The minimum atomic E-state index is -5.54. The van der Waals surface area contributed by atoms with Crippen LogP contribution in [-0.4, -0.2) is 142 Å². The molecular formula is C38H37CuN10O21S5+. The van der Waals surface area contributed by atoms with Gasteiger partial charge < -0.3 is 35.0 Å². The number of fused-ring (bicyclic) bond motifs is 1. The number of aromatic carboxylic acids is 1. The molecule has 1 radical (unpaired) electrons. The maximum atomic E-state index is 13.2. The molecule has 0 unspecified atom stereocenters. The molecule has 0 amide bonds. The minimum Gasteiger partial charge on any atom is -0.506 e. The SMILES string of the molecule is COc1cc(N=Nc2cc(S(=O)(=O)O)ccc2O)c(N=Nc2c(S(=O)(=O)O)cc3c(S(=O)(=O)O)c(Nc4nc(N(C)CCS(=O)(=O)CCOS(=O)(=O)O)nc(-[n+]5cccc(C(=O)O)c5)n4)ccc3c2O)cc1OC.[Cu]. The number of nitrogens with zero attached hydrogens (tertiary/aromatic N) is 9. The van der Waals surface area contributed by atoms with Gasteiger partial charge in [0.1, 0.15) is 38.3 Å². The van der Waals surface area contributed by atoms with Crippen molar-refractivity contribution in [1.29, 1.82) is 0 Å². The van der Waals surface area contributed by atoms with E-state index in [0.29, 0.717) is 6.07 Å². The van der Waals surface area contributed by atoms with Crippen molar-refractivity contribution in [3.8, 4) is 28.9 Å². The van der Waals surface area contributed by atoms with Gasteiger partial charge >= 0.3 is 34.2 Å². The Bertz CT molecular complexity index is 3890. The van der Waals surface area contributed by atoms with Crippen LogP contribution in [0.5, 0.6) is 23.0 Å². The molecule has 2 aromatic heterocycles. The summed E-state index contributed by atoms with van der Waals surface area (Å²) in [4.78, 5) is 22.5. The summed E-state index contributed by atoms with van der Waals surface area (Å²) in [5.74, 6) is -6.07. The van der Waals surface area contributed by atoms with Crippen LogP contribution in [0.15, 0.2) is 108 Å². The Morgan fingerprint density at radius 2 is 1.36 bits per heavy atom. The van der Waals surface area contributed by atoms with E-state index in [1.54, 1.807) is 0 Å². The van der Waals surface area contributed by atoms with Crippen molar-refractivity contribution in [3.63, 3.8) is 0 Å². The summed E-state index contributed by atoms with van der Waals surface area (Å²) < 4.78 is 178. The quantitative estimate of drug-likeness (QED) is 0.0221. The molecule has 405 valence electrons. The largest absolute Gasteiger partial charge is 0.506 e. The number of methoxy groups -OCH3 is 2. The number of nitrogens with one attached hydrogen (secondary N) is 1. The van der Waals surface area contributed by atoms with Gasteiger partial charge in [-0.15, -0.1) is 25.4 Å². The first kappa shape index (κ1) is 58.7. The number of pyridine rings is 1. The van der Waals surface area contributed by atoms with E-state index < -0.39 is 141 Å². The average Bonchev–Trinajstić information content (AvgIpc) is 3.30. The van der Waals surface area contributed by atoms with Crippen LogP contribution in [0, 0.1) is 0 Å². The Balaban J connectivity index is 0.0000104. The molecule has 8 N–H and O–H groups in total. The molecule has 0 saturated heterocycles. The number of ether oxygens (including phenoxy) is 2. The number of phenolic OH excluding ortho intramolecular Hbond substituents is 2. The number of anilines is 3. The first-order chi connectivity index (χ1) is 34.4. The van der Waals surface area contributed by atoms with E-state index in [9.17, 15) is 75.9 Å². The summed E-state index contributed by atoms with van der Waals surface area (Å²) in [5, 5.41) is 48.2. The van der Waals surface area contributed by atoms with E-state index in [-0.39, 0.29) is 57.4 Å². The number of hydrogen-bond acceptors (Lipinski definition) is 25. The van der Waals surface area contributed by atoms with Gasteiger partial charge in [-0.2, -0.15) is 33.7 Å². The van der Waals surface area contributed by atoms with E-state index in [0.717, 1.165) is 58.1 Å². The van der Waals surface area contributed by atoms with Gasteiger partial charge in [-0.1, -0.05) is 0 Å². The Kier molecular flexibility index (Phi) is 17.8. The third-order valence-corrected chi connectivity index (χ3v) is 14.5. The zero-order chi connectivity index (χ0) is 54.7. The molecule has 0 atom stereocenters. The molecule has 37 heteroatoms. The summed E-state index contributed by atoms with van der Waals surface area (Å²) in [6, 6.07) is 9.74.